The van der Waals surface area contributed by atoms with E-state index in [-0.39, 0.29) is 11.7 Å². The molecule has 0 atom stereocenters. The van der Waals surface area contributed by atoms with Crippen molar-refractivity contribution in [2.75, 3.05) is 7.11 Å². The van der Waals surface area contributed by atoms with Crippen LogP contribution in [0.2, 0.25) is 0 Å². The summed E-state index contributed by atoms with van der Waals surface area (Å²) in [7, 11) is 1.10. The third kappa shape index (κ3) is 4.41. The zero-order valence-corrected chi connectivity index (χ0v) is 16.1. The largest absolute Gasteiger partial charge is 0.497 e. The molecule has 0 saturated carbocycles. The van der Waals surface area contributed by atoms with Crippen LogP contribution in [0, 0.1) is 11.8 Å². The van der Waals surface area contributed by atoms with Crippen molar-refractivity contribution in [3.8, 4) is 17.6 Å². The van der Waals surface area contributed by atoms with E-state index in [1.165, 1.54) is 0 Å². The van der Waals surface area contributed by atoms with Gasteiger partial charge in [0.25, 0.3) is 0 Å². The molecule has 0 aliphatic heterocycles. The quantitative estimate of drug-likeness (QED) is 0.261. The molecule has 35 heavy (non-hydrogen) atoms. The molecule has 0 unspecified atom stereocenters. The van der Waals surface area contributed by atoms with Crippen LogP contribution in [-0.2, 0) is 0 Å². The zero-order chi connectivity index (χ0) is 28.1. The molecule has 1 aromatic rings. The average Bonchev–Trinajstić information content (AvgIpc) is 2.70. The first-order chi connectivity index (χ1) is 15.3. The summed E-state index contributed by atoms with van der Waals surface area (Å²) in [4.78, 5) is 0. The molecule has 1 aromatic carbocycles. The van der Waals surface area contributed by atoms with Crippen molar-refractivity contribution < 1.29 is 79.4 Å². The molecule has 0 heterocycles. The molecule has 0 fully saturated rings. The Bertz CT molecular complexity index is 963. The molecule has 0 aromatic heterocycles. The summed E-state index contributed by atoms with van der Waals surface area (Å²) in [6, 6.07) is 3.32. The number of ether oxygens (including phenoxy) is 1. The predicted octanol–water partition coefficient (Wildman–Crippen LogP) is 7.06. The van der Waals surface area contributed by atoms with E-state index in [4.69, 9.17) is 0 Å². The van der Waals surface area contributed by atoms with Crippen LogP contribution in [-0.4, -0.2) is 54.7 Å². The monoisotopic (exact) mass is 550 g/mol. The maximum Gasteiger partial charge on any atom is 0.460 e. The number of halogens is 17. The minimum Gasteiger partial charge on any atom is -0.497 e. The molecule has 0 saturated heterocycles. The van der Waals surface area contributed by atoms with Gasteiger partial charge < -0.3 is 4.74 Å². The van der Waals surface area contributed by atoms with Crippen LogP contribution in [0.15, 0.2) is 24.3 Å². The molecule has 0 bridgehead atoms. The number of methoxy groups -OCH3 is 1. The second-order valence-electron chi connectivity index (χ2n) is 6.50. The fraction of sp³-hybridized carbons (Fsp3) is 0.529. The Labute approximate surface area is 182 Å². The Hall–Kier alpha value is -2.61. The van der Waals surface area contributed by atoms with Crippen LogP contribution < -0.4 is 4.74 Å². The Balaban J connectivity index is 3.58. The lowest BCUT2D eigenvalue weighted by Crippen LogP contribution is -2.74. The summed E-state index contributed by atoms with van der Waals surface area (Å²) in [6.45, 7) is 0. The molecule has 200 valence electrons. The van der Waals surface area contributed by atoms with Crippen LogP contribution in [0.1, 0.15) is 5.56 Å². The van der Waals surface area contributed by atoms with Gasteiger partial charge in [-0.05, 0) is 30.2 Å². The van der Waals surface area contributed by atoms with Crippen molar-refractivity contribution in [3.63, 3.8) is 0 Å². The van der Waals surface area contributed by atoms with Crippen LogP contribution in [0.3, 0.4) is 0 Å². The van der Waals surface area contributed by atoms with Gasteiger partial charge >= 0.3 is 47.6 Å². The van der Waals surface area contributed by atoms with Crippen LogP contribution in [0.4, 0.5) is 74.6 Å². The lowest BCUT2D eigenvalue weighted by Gasteiger charge is -2.42. The molecule has 0 N–H and O–H groups in total. The average molecular weight is 550 g/mol. The van der Waals surface area contributed by atoms with E-state index >= 15 is 0 Å². The second-order valence-corrected chi connectivity index (χ2v) is 6.50. The second kappa shape index (κ2) is 8.50. The van der Waals surface area contributed by atoms with E-state index in [1.807, 2.05) is 0 Å². The molecule has 1 nitrogen and oxygen atoms in total. The van der Waals surface area contributed by atoms with Gasteiger partial charge in [0.1, 0.15) is 5.75 Å². The first kappa shape index (κ1) is 30.4. The molecule has 18 heteroatoms. The van der Waals surface area contributed by atoms with Crippen LogP contribution in [0.5, 0.6) is 5.75 Å². The summed E-state index contributed by atoms with van der Waals surface area (Å²) in [5.74, 6) is -55.8. The van der Waals surface area contributed by atoms with E-state index < -0.39 is 53.2 Å². The van der Waals surface area contributed by atoms with Gasteiger partial charge in [0.2, 0.25) is 0 Å². The van der Waals surface area contributed by atoms with Crippen LogP contribution in [0.25, 0.3) is 0 Å². The third-order valence-electron chi connectivity index (χ3n) is 4.18. The molecule has 0 amide bonds. The van der Waals surface area contributed by atoms with Gasteiger partial charge in [-0.25, -0.2) is 0 Å². The molecule has 0 spiro atoms. The highest BCUT2D eigenvalue weighted by atomic mass is 19.4. The zero-order valence-electron chi connectivity index (χ0n) is 16.1. The highest BCUT2D eigenvalue weighted by Crippen LogP contribution is 2.63. The standard InChI is InChI=1S/C17H7F17O/c1-35-9-4-2-8(3-5-9)6-7-10(18,19)11(20,21)12(22,23)13(24,25)14(26,27)15(28,29)16(30,31)17(32,33)34/h2-5H,1H3. The van der Waals surface area contributed by atoms with Gasteiger partial charge in [-0.15, -0.1) is 0 Å². The van der Waals surface area contributed by atoms with Gasteiger partial charge in [-0.2, -0.15) is 74.6 Å². The van der Waals surface area contributed by atoms with Crippen molar-refractivity contribution in [1.29, 1.82) is 0 Å². The lowest BCUT2D eigenvalue weighted by atomic mass is 9.89. The predicted molar refractivity (Wildman–Crippen MR) is 80.6 cm³/mol. The van der Waals surface area contributed by atoms with E-state index in [0.717, 1.165) is 37.3 Å². The molecular formula is C17H7F17O. The molecule has 0 radical (unpaired) electrons. The van der Waals surface area contributed by atoms with E-state index in [9.17, 15) is 74.6 Å². The highest BCUT2D eigenvalue weighted by Gasteiger charge is 2.95. The number of hydrogen-bond acceptors (Lipinski definition) is 1. The molecule has 1 rings (SSSR count). The normalized spacial score (nSPS) is 14.9. The fourth-order valence-electron chi connectivity index (χ4n) is 2.07. The Morgan fingerprint density at radius 1 is 0.514 bits per heavy atom. The van der Waals surface area contributed by atoms with Gasteiger partial charge in [0, 0.05) is 5.56 Å². The van der Waals surface area contributed by atoms with Gasteiger partial charge in [-0.1, -0.05) is 5.92 Å². The minimum atomic E-state index is -8.66. The Morgan fingerprint density at radius 2 is 0.857 bits per heavy atom. The smallest absolute Gasteiger partial charge is 0.460 e. The van der Waals surface area contributed by atoms with Crippen molar-refractivity contribution in [3.05, 3.63) is 29.8 Å². The van der Waals surface area contributed by atoms with E-state index in [2.05, 4.69) is 4.74 Å². The SMILES string of the molecule is COc1ccc(C#CC(F)(F)C(F)(F)C(F)(F)C(F)(F)C(F)(F)C(F)(F)C(F)(F)C(F)(F)F)cc1. The Morgan fingerprint density at radius 3 is 1.20 bits per heavy atom. The van der Waals surface area contributed by atoms with Crippen LogP contribution >= 0.6 is 0 Å². The van der Waals surface area contributed by atoms with Crippen molar-refractivity contribution in [1.82, 2.24) is 0 Å². The van der Waals surface area contributed by atoms with Crippen molar-refractivity contribution in [2.45, 2.75) is 47.6 Å². The maximum atomic E-state index is 13.7. The molecule has 0 aliphatic rings. The summed E-state index contributed by atoms with van der Waals surface area (Å²) in [5, 5.41) is 0. The van der Waals surface area contributed by atoms with Gasteiger partial charge in [-0.3, -0.25) is 0 Å². The summed E-state index contributed by atoms with van der Waals surface area (Å²) in [6.07, 6.45) is -7.79. The highest BCUT2D eigenvalue weighted by molar-refractivity contribution is 5.40. The summed E-state index contributed by atoms with van der Waals surface area (Å²) in [5.41, 5.74) is -0.710. The van der Waals surface area contributed by atoms with Gasteiger partial charge in [0.05, 0.1) is 7.11 Å². The Kier molecular flexibility index (Phi) is 7.39. The number of rotatable bonds is 7. The fourth-order valence-corrected chi connectivity index (χ4v) is 2.07. The molecular weight excluding hydrogens is 543 g/mol. The lowest BCUT2D eigenvalue weighted by molar-refractivity contribution is -0.459. The number of hydrogen-bond donors (Lipinski definition) is 0. The molecule has 0 aliphatic carbocycles. The van der Waals surface area contributed by atoms with Crippen molar-refractivity contribution in [2.24, 2.45) is 0 Å². The summed E-state index contributed by atoms with van der Waals surface area (Å²) < 4.78 is 228. The van der Waals surface area contributed by atoms with E-state index in [0.29, 0.717) is 0 Å². The third-order valence-corrected chi connectivity index (χ3v) is 4.18. The first-order valence-corrected chi connectivity index (χ1v) is 8.15. The first-order valence-electron chi connectivity index (χ1n) is 8.15. The number of alkyl halides is 17. The topological polar surface area (TPSA) is 9.23 Å². The maximum absolute atomic E-state index is 13.7. The summed E-state index contributed by atoms with van der Waals surface area (Å²) >= 11 is 0. The van der Waals surface area contributed by atoms with Crippen molar-refractivity contribution >= 4 is 0 Å². The minimum absolute atomic E-state index is 0.0117. The van der Waals surface area contributed by atoms with Gasteiger partial charge in [0.15, 0.2) is 0 Å². The van der Waals surface area contributed by atoms with E-state index in [1.54, 1.807) is 0 Å². The number of benzene rings is 1.